The lowest BCUT2D eigenvalue weighted by molar-refractivity contribution is 1.19. The Bertz CT molecular complexity index is 713. The lowest BCUT2D eigenvalue weighted by Crippen LogP contribution is -1.93. The van der Waals surface area contributed by atoms with Gasteiger partial charge in [0.25, 0.3) is 0 Å². The van der Waals surface area contributed by atoms with Crippen molar-refractivity contribution >= 4 is 22.0 Å². The SMILES string of the molecule is CC1=Cc2c(ccc(-c3c(C)cc(C)cc3C)c2Br)C1. The average Bonchev–Trinajstić information content (AvgIpc) is 2.72. The highest BCUT2D eigenvalue weighted by Crippen LogP contribution is 2.40. The molecule has 0 amide bonds. The molecule has 20 heavy (non-hydrogen) atoms. The van der Waals surface area contributed by atoms with Crippen molar-refractivity contribution < 1.29 is 0 Å². The maximum Gasteiger partial charge on any atom is 0.0329 e. The van der Waals surface area contributed by atoms with Crippen LogP contribution in [0, 0.1) is 20.8 Å². The molecule has 2 aromatic rings. The highest BCUT2D eigenvalue weighted by atomic mass is 79.9. The summed E-state index contributed by atoms with van der Waals surface area (Å²) in [5.74, 6) is 0. The first-order valence-electron chi connectivity index (χ1n) is 7.04. The van der Waals surface area contributed by atoms with Crippen LogP contribution < -0.4 is 0 Å². The Hall–Kier alpha value is -1.34. The van der Waals surface area contributed by atoms with Gasteiger partial charge in [0.15, 0.2) is 0 Å². The Labute approximate surface area is 129 Å². The zero-order valence-electron chi connectivity index (χ0n) is 12.5. The lowest BCUT2D eigenvalue weighted by atomic mass is 9.92. The van der Waals surface area contributed by atoms with Crippen LogP contribution in [-0.4, -0.2) is 0 Å². The Morgan fingerprint density at radius 2 is 1.60 bits per heavy atom. The van der Waals surface area contributed by atoms with Crippen LogP contribution in [0.4, 0.5) is 0 Å². The number of hydrogen-bond donors (Lipinski definition) is 0. The molecule has 3 rings (SSSR count). The molecule has 0 aliphatic heterocycles. The molecule has 1 heteroatoms. The first-order valence-corrected chi connectivity index (χ1v) is 7.83. The van der Waals surface area contributed by atoms with E-state index in [-0.39, 0.29) is 0 Å². The molecule has 0 aromatic heterocycles. The number of rotatable bonds is 1. The summed E-state index contributed by atoms with van der Waals surface area (Å²) in [4.78, 5) is 0. The van der Waals surface area contributed by atoms with E-state index in [0.29, 0.717) is 0 Å². The van der Waals surface area contributed by atoms with Gasteiger partial charge < -0.3 is 0 Å². The quantitative estimate of drug-likeness (QED) is 0.602. The molecule has 0 nitrogen and oxygen atoms in total. The Balaban J connectivity index is 2.25. The van der Waals surface area contributed by atoms with Gasteiger partial charge in [-0.15, -0.1) is 0 Å². The van der Waals surface area contributed by atoms with Gasteiger partial charge in [-0.05, 0) is 83.4 Å². The van der Waals surface area contributed by atoms with E-state index in [1.54, 1.807) is 0 Å². The molecule has 0 spiro atoms. The molecular weight excluding hydrogens is 308 g/mol. The van der Waals surface area contributed by atoms with E-state index in [9.17, 15) is 0 Å². The molecule has 1 aliphatic rings. The molecule has 0 heterocycles. The number of fused-ring (bicyclic) bond motifs is 1. The monoisotopic (exact) mass is 326 g/mol. The fourth-order valence-electron chi connectivity index (χ4n) is 3.34. The van der Waals surface area contributed by atoms with Gasteiger partial charge in [0.1, 0.15) is 0 Å². The largest absolute Gasteiger partial charge is 0.0683 e. The molecular formula is C19H19Br. The molecule has 1 aliphatic carbocycles. The molecule has 102 valence electrons. The van der Waals surface area contributed by atoms with E-state index in [0.717, 1.165) is 6.42 Å². The summed E-state index contributed by atoms with van der Waals surface area (Å²) >= 11 is 3.84. The summed E-state index contributed by atoms with van der Waals surface area (Å²) in [5, 5.41) is 0. The molecule has 0 saturated heterocycles. The van der Waals surface area contributed by atoms with Crippen molar-refractivity contribution in [1.82, 2.24) is 0 Å². The average molecular weight is 327 g/mol. The van der Waals surface area contributed by atoms with Gasteiger partial charge >= 0.3 is 0 Å². The zero-order valence-corrected chi connectivity index (χ0v) is 14.1. The van der Waals surface area contributed by atoms with Gasteiger partial charge in [0, 0.05) is 4.47 Å². The summed E-state index contributed by atoms with van der Waals surface area (Å²) < 4.78 is 1.24. The highest BCUT2D eigenvalue weighted by Gasteiger charge is 2.18. The van der Waals surface area contributed by atoms with Crippen LogP contribution in [0.1, 0.15) is 34.7 Å². The third-order valence-corrected chi connectivity index (χ3v) is 4.93. The molecule has 2 aromatic carbocycles. The van der Waals surface area contributed by atoms with E-state index >= 15 is 0 Å². The second-order valence-electron chi connectivity index (χ2n) is 5.94. The smallest absolute Gasteiger partial charge is 0.0329 e. The maximum absolute atomic E-state index is 3.84. The van der Waals surface area contributed by atoms with Crippen molar-refractivity contribution in [2.75, 3.05) is 0 Å². The first kappa shape index (κ1) is 13.6. The summed E-state index contributed by atoms with van der Waals surface area (Å²) in [7, 11) is 0. The Morgan fingerprint density at radius 3 is 2.25 bits per heavy atom. The van der Waals surface area contributed by atoms with Crippen LogP contribution in [-0.2, 0) is 6.42 Å². The lowest BCUT2D eigenvalue weighted by Gasteiger charge is -2.15. The van der Waals surface area contributed by atoms with Gasteiger partial charge in [-0.3, -0.25) is 0 Å². The minimum absolute atomic E-state index is 1.08. The van der Waals surface area contributed by atoms with Gasteiger partial charge in [0.2, 0.25) is 0 Å². The maximum atomic E-state index is 3.84. The van der Waals surface area contributed by atoms with Crippen LogP contribution in [0.5, 0.6) is 0 Å². The Morgan fingerprint density at radius 1 is 0.950 bits per heavy atom. The number of allylic oxidation sites excluding steroid dienone is 1. The van der Waals surface area contributed by atoms with Crippen LogP contribution >= 0.6 is 15.9 Å². The van der Waals surface area contributed by atoms with E-state index in [1.807, 2.05) is 0 Å². The Kier molecular flexibility index (Phi) is 3.33. The van der Waals surface area contributed by atoms with Crippen LogP contribution in [0.15, 0.2) is 34.3 Å². The molecule has 0 unspecified atom stereocenters. The van der Waals surface area contributed by atoms with Crippen molar-refractivity contribution in [2.24, 2.45) is 0 Å². The van der Waals surface area contributed by atoms with Gasteiger partial charge in [-0.1, -0.05) is 41.5 Å². The number of aryl methyl sites for hydroxylation is 3. The highest BCUT2D eigenvalue weighted by molar-refractivity contribution is 9.10. The zero-order chi connectivity index (χ0) is 14.4. The standard InChI is InChI=1S/C19H19Br/c1-11-7-13(3)18(14(4)8-11)16-6-5-15-9-12(2)10-17(15)19(16)20/h5-8,10H,9H2,1-4H3. The molecule has 0 N–H and O–H groups in total. The fraction of sp³-hybridized carbons (Fsp3) is 0.263. The second-order valence-corrected chi connectivity index (χ2v) is 6.73. The molecule has 0 radical (unpaired) electrons. The predicted octanol–water partition coefficient (Wildman–Crippen LogP) is 6.00. The van der Waals surface area contributed by atoms with E-state index in [1.165, 1.54) is 49.0 Å². The minimum atomic E-state index is 1.08. The van der Waals surface area contributed by atoms with Crippen molar-refractivity contribution in [3.63, 3.8) is 0 Å². The van der Waals surface area contributed by atoms with Crippen LogP contribution in [0.3, 0.4) is 0 Å². The third-order valence-electron chi connectivity index (χ3n) is 4.08. The van der Waals surface area contributed by atoms with Gasteiger partial charge in [0.05, 0.1) is 0 Å². The number of hydrogen-bond acceptors (Lipinski definition) is 0. The van der Waals surface area contributed by atoms with E-state index < -0.39 is 0 Å². The van der Waals surface area contributed by atoms with Gasteiger partial charge in [-0.2, -0.15) is 0 Å². The molecule has 0 atom stereocenters. The summed E-state index contributed by atoms with van der Waals surface area (Å²) in [5.41, 5.74) is 10.9. The van der Waals surface area contributed by atoms with Crippen molar-refractivity contribution in [2.45, 2.75) is 34.1 Å². The minimum Gasteiger partial charge on any atom is -0.0683 e. The summed E-state index contributed by atoms with van der Waals surface area (Å²) in [6.45, 7) is 8.77. The van der Waals surface area contributed by atoms with Crippen LogP contribution in [0.2, 0.25) is 0 Å². The van der Waals surface area contributed by atoms with Crippen LogP contribution in [0.25, 0.3) is 17.2 Å². The molecule has 0 fully saturated rings. The van der Waals surface area contributed by atoms with E-state index in [2.05, 4.69) is 74.0 Å². The van der Waals surface area contributed by atoms with Crippen molar-refractivity contribution in [3.8, 4) is 11.1 Å². The summed E-state index contributed by atoms with van der Waals surface area (Å²) in [6.07, 6.45) is 3.39. The summed E-state index contributed by atoms with van der Waals surface area (Å²) in [6, 6.07) is 9.08. The number of halogens is 1. The fourth-order valence-corrected chi connectivity index (χ4v) is 4.04. The number of benzene rings is 2. The molecule has 0 saturated carbocycles. The van der Waals surface area contributed by atoms with Crippen molar-refractivity contribution in [3.05, 3.63) is 62.1 Å². The van der Waals surface area contributed by atoms with Gasteiger partial charge in [-0.25, -0.2) is 0 Å². The van der Waals surface area contributed by atoms with Crippen molar-refractivity contribution in [1.29, 1.82) is 0 Å². The first-order chi connectivity index (χ1) is 9.47. The predicted molar refractivity (Wildman–Crippen MR) is 91.1 cm³/mol. The van der Waals surface area contributed by atoms with E-state index in [4.69, 9.17) is 0 Å². The second kappa shape index (κ2) is 4.89. The normalized spacial score (nSPS) is 13.3. The molecule has 0 bridgehead atoms. The topological polar surface area (TPSA) is 0 Å². The third kappa shape index (κ3) is 2.14.